The largest absolute Gasteiger partial charge is 0.316 e. The fourth-order valence-electron chi connectivity index (χ4n) is 2.12. The number of hydrogen-bond acceptors (Lipinski definition) is 3. The molecule has 0 spiro atoms. The molecule has 0 amide bonds. The molecule has 98 valence electrons. The third kappa shape index (κ3) is 2.94. The number of halogens is 1. The second-order valence-corrected chi connectivity index (χ2v) is 5.64. The van der Waals surface area contributed by atoms with Gasteiger partial charge in [0.25, 0.3) is 0 Å². The smallest absolute Gasteiger partial charge is 0.130 e. The highest BCUT2D eigenvalue weighted by Crippen LogP contribution is 2.21. The quantitative estimate of drug-likeness (QED) is 0.914. The Morgan fingerprint density at radius 3 is 2.78 bits per heavy atom. The standard InChI is InChI=1S/C13H18ClN3S/c1-9-12(13(14)17(3)16-9)7-11(15-2)6-10-4-5-18-8-10/h4-5,8,11,15H,6-7H2,1-3H3. The van der Waals surface area contributed by atoms with E-state index >= 15 is 0 Å². The summed E-state index contributed by atoms with van der Waals surface area (Å²) in [5.41, 5.74) is 3.54. The molecule has 0 aliphatic carbocycles. The Balaban J connectivity index is 2.10. The van der Waals surface area contributed by atoms with Crippen LogP contribution in [0.15, 0.2) is 16.8 Å². The molecule has 3 nitrogen and oxygen atoms in total. The van der Waals surface area contributed by atoms with Crippen molar-refractivity contribution in [2.75, 3.05) is 7.05 Å². The first-order chi connectivity index (χ1) is 8.61. The zero-order chi connectivity index (χ0) is 13.1. The van der Waals surface area contributed by atoms with Gasteiger partial charge in [-0.15, -0.1) is 0 Å². The van der Waals surface area contributed by atoms with Gasteiger partial charge < -0.3 is 5.32 Å². The van der Waals surface area contributed by atoms with Gasteiger partial charge in [-0.2, -0.15) is 16.4 Å². The highest BCUT2D eigenvalue weighted by molar-refractivity contribution is 7.07. The molecule has 2 aromatic heterocycles. The van der Waals surface area contributed by atoms with E-state index in [0.717, 1.165) is 29.3 Å². The molecule has 0 saturated heterocycles. The van der Waals surface area contributed by atoms with Gasteiger partial charge in [0, 0.05) is 18.7 Å². The molecule has 2 aromatic rings. The minimum Gasteiger partial charge on any atom is -0.316 e. The minimum atomic E-state index is 0.389. The summed E-state index contributed by atoms with van der Waals surface area (Å²) < 4.78 is 1.74. The maximum absolute atomic E-state index is 6.27. The van der Waals surface area contributed by atoms with E-state index in [1.807, 2.05) is 21.0 Å². The van der Waals surface area contributed by atoms with Gasteiger partial charge in [0.15, 0.2) is 0 Å². The molecule has 5 heteroatoms. The van der Waals surface area contributed by atoms with Crippen LogP contribution in [0.4, 0.5) is 0 Å². The van der Waals surface area contributed by atoms with Crippen molar-refractivity contribution >= 4 is 22.9 Å². The van der Waals surface area contributed by atoms with Crippen LogP contribution in [-0.4, -0.2) is 22.9 Å². The van der Waals surface area contributed by atoms with E-state index < -0.39 is 0 Å². The minimum absolute atomic E-state index is 0.389. The van der Waals surface area contributed by atoms with Crippen LogP contribution in [0.25, 0.3) is 0 Å². The van der Waals surface area contributed by atoms with Crippen molar-refractivity contribution in [1.82, 2.24) is 15.1 Å². The molecule has 18 heavy (non-hydrogen) atoms. The van der Waals surface area contributed by atoms with Crippen LogP contribution in [0.1, 0.15) is 16.8 Å². The highest BCUT2D eigenvalue weighted by Gasteiger charge is 2.16. The summed E-state index contributed by atoms with van der Waals surface area (Å²) >= 11 is 8.01. The fraction of sp³-hybridized carbons (Fsp3) is 0.462. The molecule has 2 heterocycles. The molecular weight excluding hydrogens is 266 g/mol. The lowest BCUT2D eigenvalue weighted by molar-refractivity contribution is 0.556. The summed E-state index contributed by atoms with van der Waals surface area (Å²) in [5.74, 6) is 0. The number of nitrogens with zero attached hydrogens (tertiary/aromatic N) is 2. The van der Waals surface area contributed by atoms with Gasteiger partial charge in [-0.25, -0.2) is 0 Å². The summed E-state index contributed by atoms with van der Waals surface area (Å²) in [6, 6.07) is 2.56. The van der Waals surface area contributed by atoms with Crippen LogP contribution in [0.3, 0.4) is 0 Å². The third-order valence-electron chi connectivity index (χ3n) is 3.19. The van der Waals surface area contributed by atoms with Gasteiger partial charge in [-0.1, -0.05) is 11.6 Å². The number of aryl methyl sites for hydroxylation is 2. The number of thiophene rings is 1. The Labute approximate surface area is 117 Å². The fourth-order valence-corrected chi connectivity index (χ4v) is 3.05. The maximum Gasteiger partial charge on any atom is 0.130 e. The van der Waals surface area contributed by atoms with Gasteiger partial charge in [0.05, 0.1) is 5.69 Å². The predicted octanol–water partition coefficient (Wildman–Crippen LogP) is 2.82. The molecular formula is C13H18ClN3S. The molecule has 1 N–H and O–H groups in total. The van der Waals surface area contributed by atoms with Gasteiger partial charge in [0.2, 0.25) is 0 Å². The first-order valence-corrected chi connectivity index (χ1v) is 7.30. The van der Waals surface area contributed by atoms with Crippen molar-refractivity contribution in [3.63, 3.8) is 0 Å². The zero-order valence-electron chi connectivity index (χ0n) is 10.9. The maximum atomic E-state index is 6.27. The van der Waals surface area contributed by atoms with Crippen LogP contribution >= 0.6 is 22.9 Å². The van der Waals surface area contributed by atoms with Gasteiger partial charge in [-0.05, 0) is 49.2 Å². The second kappa shape index (κ2) is 5.87. The molecule has 0 aliphatic rings. The predicted molar refractivity (Wildman–Crippen MR) is 77.5 cm³/mol. The van der Waals surface area contributed by atoms with Crippen LogP contribution in [-0.2, 0) is 19.9 Å². The molecule has 0 fully saturated rings. The van der Waals surface area contributed by atoms with Crippen LogP contribution < -0.4 is 5.32 Å². The Morgan fingerprint density at radius 1 is 1.50 bits per heavy atom. The van der Waals surface area contributed by atoms with E-state index in [-0.39, 0.29) is 0 Å². The van der Waals surface area contributed by atoms with Crippen molar-refractivity contribution in [2.45, 2.75) is 25.8 Å². The average molecular weight is 284 g/mol. The average Bonchev–Trinajstić information content (AvgIpc) is 2.92. The van der Waals surface area contributed by atoms with E-state index in [0.29, 0.717) is 6.04 Å². The van der Waals surface area contributed by atoms with Gasteiger partial charge in [0.1, 0.15) is 5.15 Å². The molecule has 2 rings (SSSR count). The van der Waals surface area contributed by atoms with Crippen molar-refractivity contribution in [2.24, 2.45) is 7.05 Å². The summed E-state index contributed by atoms with van der Waals surface area (Å²) in [5, 5.41) is 12.8. The zero-order valence-corrected chi connectivity index (χ0v) is 12.5. The SMILES string of the molecule is CNC(Cc1ccsc1)Cc1c(C)nn(C)c1Cl. The number of aromatic nitrogens is 2. The molecule has 0 aliphatic heterocycles. The topological polar surface area (TPSA) is 29.9 Å². The number of likely N-dealkylation sites (N-methyl/N-ethyl adjacent to an activating group) is 1. The highest BCUT2D eigenvalue weighted by atomic mass is 35.5. The Hall–Kier alpha value is -0.840. The summed E-state index contributed by atoms with van der Waals surface area (Å²) in [6.45, 7) is 2.01. The molecule has 0 aromatic carbocycles. The monoisotopic (exact) mass is 283 g/mol. The Morgan fingerprint density at radius 2 is 2.28 bits per heavy atom. The number of hydrogen-bond donors (Lipinski definition) is 1. The summed E-state index contributed by atoms with van der Waals surface area (Å²) in [6.07, 6.45) is 1.93. The van der Waals surface area contributed by atoms with Crippen LogP contribution in [0.5, 0.6) is 0 Å². The molecule has 1 unspecified atom stereocenters. The van der Waals surface area contributed by atoms with Crippen molar-refractivity contribution in [3.8, 4) is 0 Å². The van der Waals surface area contributed by atoms with E-state index in [1.54, 1.807) is 16.0 Å². The van der Waals surface area contributed by atoms with E-state index in [4.69, 9.17) is 11.6 Å². The van der Waals surface area contributed by atoms with Gasteiger partial charge in [-0.3, -0.25) is 4.68 Å². The Kier molecular flexibility index (Phi) is 4.43. The molecule has 0 bridgehead atoms. The lowest BCUT2D eigenvalue weighted by Crippen LogP contribution is -2.30. The van der Waals surface area contributed by atoms with E-state index in [9.17, 15) is 0 Å². The van der Waals surface area contributed by atoms with Crippen molar-refractivity contribution in [1.29, 1.82) is 0 Å². The number of nitrogens with one attached hydrogen (secondary N) is 1. The van der Waals surface area contributed by atoms with Crippen LogP contribution in [0, 0.1) is 6.92 Å². The molecule has 1 atom stereocenters. The lowest BCUT2D eigenvalue weighted by atomic mass is 10.0. The summed E-state index contributed by atoms with van der Waals surface area (Å²) in [7, 11) is 3.88. The first kappa shape index (κ1) is 13.6. The van der Waals surface area contributed by atoms with E-state index in [2.05, 4.69) is 27.2 Å². The third-order valence-corrected chi connectivity index (χ3v) is 4.40. The number of rotatable bonds is 5. The summed E-state index contributed by atoms with van der Waals surface area (Å²) in [4.78, 5) is 0. The lowest BCUT2D eigenvalue weighted by Gasteiger charge is -2.15. The van der Waals surface area contributed by atoms with Crippen molar-refractivity contribution < 1.29 is 0 Å². The van der Waals surface area contributed by atoms with Crippen molar-refractivity contribution in [3.05, 3.63) is 38.8 Å². The van der Waals surface area contributed by atoms with Gasteiger partial charge >= 0.3 is 0 Å². The molecule has 0 radical (unpaired) electrons. The second-order valence-electron chi connectivity index (χ2n) is 4.50. The van der Waals surface area contributed by atoms with E-state index in [1.165, 1.54) is 5.56 Å². The Bertz CT molecular complexity index is 505. The first-order valence-electron chi connectivity index (χ1n) is 5.98. The molecule has 0 saturated carbocycles. The van der Waals surface area contributed by atoms with Crippen LogP contribution in [0.2, 0.25) is 5.15 Å². The normalized spacial score (nSPS) is 12.9.